The fourth-order valence-electron chi connectivity index (χ4n) is 2.00. The Balaban J connectivity index is 0.00000288. The summed E-state index contributed by atoms with van der Waals surface area (Å²) in [6.45, 7) is 4.67. The normalized spacial score (nSPS) is 10.9. The second-order valence-corrected chi connectivity index (χ2v) is 5.05. The van der Waals surface area contributed by atoms with Crippen molar-refractivity contribution >= 4 is 29.9 Å². The van der Waals surface area contributed by atoms with E-state index in [9.17, 15) is 0 Å². The van der Waals surface area contributed by atoms with Crippen LogP contribution in [0.4, 0.5) is 0 Å². The first kappa shape index (κ1) is 20.2. The van der Waals surface area contributed by atoms with Crippen LogP contribution >= 0.6 is 24.0 Å². The molecule has 0 unspecified atom stereocenters. The number of ether oxygens (including phenoxy) is 1. The van der Waals surface area contributed by atoms with Gasteiger partial charge in [0.25, 0.3) is 0 Å². The third-order valence-electron chi connectivity index (χ3n) is 3.31. The van der Waals surface area contributed by atoms with E-state index in [1.165, 1.54) is 6.33 Å². The number of benzene rings is 1. The van der Waals surface area contributed by atoms with Crippen molar-refractivity contribution in [1.82, 2.24) is 25.0 Å². The molecule has 0 saturated carbocycles. The van der Waals surface area contributed by atoms with Gasteiger partial charge in [-0.3, -0.25) is 4.68 Å². The molecule has 1 aromatic carbocycles. The molecule has 0 radical (unpaired) electrons. The molecular formula is C16H25IN6O. The Hall–Kier alpha value is -1.84. The Morgan fingerprint density at radius 1 is 1.33 bits per heavy atom. The molecule has 7 nitrogen and oxygen atoms in total. The zero-order valence-electron chi connectivity index (χ0n) is 14.3. The van der Waals surface area contributed by atoms with Gasteiger partial charge in [-0.05, 0) is 19.1 Å². The van der Waals surface area contributed by atoms with Crippen LogP contribution in [-0.4, -0.2) is 52.4 Å². The fourth-order valence-corrected chi connectivity index (χ4v) is 2.00. The molecule has 0 aliphatic carbocycles. The lowest BCUT2D eigenvalue weighted by Crippen LogP contribution is -2.40. The van der Waals surface area contributed by atoms with Crippen molar-refractivity contribution in [2.75, 3.05) is 26.7 Å². The molecule has 0 bridgehead atoms. The van der Waals surface area contributed by atoms with Crippen LogP contribution in [0.1, 0.15) is 12.7 Å². The maximum absolute atomic E-state index is 5.72. The van der Waals surface area contributed by atoms with Crippen molar-refractivity contribution in [2.24, 2.45) is 12.0 Å². The average molecular weight is 444 g/mol. The zero-order valence-corrected chi connectivity index (χ0v) is 16.7. The van der Waals surface area contributed by atoms with E-state index < -0.39 is 0 Å². The number of hydrogen-bond donors (Lipinski definition) is 1. The summed E-state index contributed by atoms with van der Waals surface area (Å²) in [6, 6.07) is 9.80. The predicted molar refractivity (Wildman–Crippen MR) is 106 cm³/mol. The number of guanidine groups is 1. The van der Waals surface area contributed by atoms with Crippen LogP contribution in [0.3, 0.4) is 0 Å². The number of hydrogen-bond acceptors (Lipinski definition) is 4. The molecule has 1 N–H and O–H groups in total. The minimum absolute atomic E-state index is 0. The number of nitrogens with zero attached hydrogens (tertiary/aromatic N) is 5. The van der Waals surface area contributed by atoms with Gasteiger partial charge in [-0.1, -0.05) is 18.2 Å². The summed E-state index contributed by atoms with van der Waals surface area (Å²) >= 11 is 0. The summed E-state index contributed by atoms with van der Waals surface area (Å²) in [7, 11) is 3.86. The van der Waals surface area contributed by atoms with E-state index in [0.717, 1.165) is 30.6 Å². The van der Waals surface area contributed by atoms with Crippen LogP contribution in [0.2, 0.25) is 0 Å². The SMILES string of the molecule is CCNC(=NCc1ncnn1C)N(C)CCOc1ccccc1.I. The first-order chi connectivity index (χ1) is 11.2. The maximum atomic E-state index is 5.72. The number of aryl methyl sites for hydroxylation is 1. The third-order valence-corrected chi connectivity index (χ3v) is 3.31. The summed E-state index contributed by atoms with van der Waals surface area (Å²) in [5.41, 5.74) is 0. The van der Waals surface area contributed by atoms with E-state index in [0.29, 0.717) is 13.2 Å². The fraction of sp³-hybridized carbons (Fsp3) is 0.438. The van der Waals surface area contributed by atoms with E-state index in [1.54, 1.807) is 4.68 Å². The van der Waals surface area contributed by atoms with Gasteiger partial charge in [-0.15, -0.1) is 24.0 Å². The molecule has 2 aromatic rings. The van der Waals surface area contributed by atoms with Crippen molar-refractivity contribution in [2.45, 2.75) is 13.5 Å². The predicted octanol–water partition coefficient (Wildman–Crippen LogP) is 1.91. The molecule has 0 spiro atoms. The van der Waals surface area contributed by atoms with Gasteiger partial charge in [0.1, 0.15) is 31.1 Å². The van der Waals surface area contributed by atoms with Crippen molar-refractivity contribution in [3.63, 3.8) is 0 Å². The van der Waals surface area contributed by atoms with Crippen LogP contribution in [0.15, 0.2) is 41.7 Å². The standard InChI is InChI=1S/C16H24N6O.HI/c1-4-17-16(18-12-15-19-13-20-22(15)3)21(2)10-11-23-14-8-6-5-7-9-14;/h5-9,13H,4,10-12H2,1-3H3,(H,17,18);1H. The van der Waals surface area contributed by atoms with E-state index in [-0.39, 0.29) is 24.0 Å². The molecule has 1 heterocycles. The van der Waals surface area contributed by atoms with Crippen molar-refractivity contribution in [1.29, 1.82) is 0 Å². The van der Waals surface area contributed by atoms with Gasteiger partial charge in [0.15, 0.2) is 5.96 Å². The first-order valence-electron chi connectivity index (χ1n) is 7.71. The Morgan fingerprint density at radius 3 is 2.71 bits per heavy atom. The second kappa shape index (κ2) is 10.8. The summed E-state index contributed by atoms with van der Waals surface area (Å²) in [6.07, 6.45) is 1.54. The minimum atomic E-state index is 0. The lowest BCUT2D eigenvalue weighted by molar-refractivity contribution is 0.281. The van der Waals surface area contributed by atoms with Gasteiger partial charge in [0.2, 0.25) is 0 Å². The van der Waals surface area contributed by atoms with Crippen LogP contribution in [0, 0.1) is 0 Å². The van der Waals surface area contributed by atoms with Crippen molar-refractivity contribution < 1.29 is 4.74 Å². The summed E-state index contributed by atoms with van der Waals surface area (Å²) < 4.78 is 7.45. The highest BCUT2D eigenvalue weighted by Gasteiger charge is 2.07. The number of aliphatic imine (C=N–C) groups is 1. The van der Waals surface area contributed by atoms with E-state index in [4.69, 9.17) is 4.74 Å². The molecular weight excluding hydrogens is 419 g/mol. The van der Waals surface area contributed by atoms with E-state index in [1.807, 2.05) is 56.3 Å². The number of likely N-dealkylation sites (N-methyl/N-ethyl adjacent to an activating group) is 1. The molecule has 2 rings (SSSR count). The van der Waals surface area contributed by atoms with Gasteiger partial charge in [-0.25, -0.2) is 9.98 Å². The van der Waals surface area contributed by atoms with E-state index >= 15 is 0 Å². The number of rotatable bonds is 7. The zero-order chi connectivity index (χ0) is 16.5. The largest absolute Gasteiger partial charge is 0.492 e. The molecule has 0 saturated heterocycles. The van der Waals surface area contributed by atoms with Crippen LogP contribution in [-0.2, 0) is 13.6 Å². The number of nitrogens with one attached hydrogen (secondary N) is 1. The molecule has 1 aromatic heterocycles. The van der Waals surface area contributed by atoms with Crippen molar-refractivity contribution in [3.05, 3.63) is 42.5 Å². The Bertz CT molecular complexity index is 616. The van der Waals surface area contributed by atoms with Gasteiger partial charge in [-0.2, -0.15) is 5.10 Å². The smallest absolute Gasteiger partial charge is 0.194 e. The molecule has 24 heavy (non-hydrogen) atoms. The molecule has 132 valence electrons. The van der Waals surface area contributed by atoms with Gasteiger partial charge < -0.3 is 15.0 Å². The monoisotopic (exact) mass is 444 g/mol. The molecule has 0 atom stereocenters. The molecule has 8 heteroatoms. The molecule has 0 aliphatic heterocycles. The summed E-state index contributed by atoms with van der Waals surface area (Å²) in [4.78, 5) is 10.8. The quantitative estimate of drug-likeness (QED) is 0.402. The number of para-hydroxylation sites is 1. The minimum Gasteiger partial charge on any atom is -0.492 e. The third kappa shape index (κ3) is 6.34. The Morgan fingerprint density at radius 2 is 2.08 bits per heavy atom. The molecule has 0 amide bonds. The van der Waals surface area contributed by atoms with Gasteiger partial charge >= 0.3 is 0 Å². The summed E-state index contributed by atoms with van der Waals surface area (Å²) in [5.74, 6) is 2.53. The topological polar surface area (TPSA) is 67.6 Å². The highest BCUT2D eigenvalue weighted by atomic mass is 127. The number of halogens is 1. The molecule has 0 fully saturated rings. The van der Waals surface area contributed by atoms with Crippen LogP contribution < -0.4 is 10.1 Å². The average Bonchev–Trinajstić information content (AvgIpc) is 2.97. The maximum Gasteiger partial charge on any atom is 0.194 e. The highest BCUT2D eigenvalue weighted by molar-refractivity contribution is 14.0. The Labute approximate surface area is 160 Å². The van der Waals surface area contributed by atoms with Gasteiger partial charge in [0, 0.05) is 20.6 Å². The highest BCUT2D eigenvalue weighted by Crippen LogP contribution is 2.07. The van der Waals surface area contributed by atoms with E-state index in [2.05, 4.69) is 20.4 Å². The number of aromatic nitrogens is 3. The van der Waals surface area contributed by atoms with Crippen molar-refractivity contribution in [3.8, 4) is 5.75 Å². The first-order valence-corrected chi connectivity index (χ1v) is 7.71. The molecule has 0 aliphatic rings. The lowest BCUT2D eigenvalue weighted by Gasteiger charge is -2.22. The summed E-state index contributed by atoms with van der Waals surface area (Å²) in [5, 5.41) is 7.33. The lowest BCUT2D eigenvalue weighted by atomic mass is 10.3. The van der Waals surface area contributed by atoms with Crippen LogP contribution in [0.25, 0.3) is 0 Å². The Kier molecular flexibility index (Phi) is 9.13. The second-order valence-electron chi connectivity index (χ2n) is 5.05. The van der Waals surface area contributed by atoms with Gasteiger partial charge in [0.05, 0.1) is 6.54 Å². The van der Waals surface area contributed by atoms with Crippen LogP contribution in [0.5, 0.6) is 5.75 Å².